The van der Waals surface area contributed by atoms with Crippen LogP contribution in [0.25, 0.3) is 11.3 Å². The van der Waals surface area contributed by atoms with E-state index in [1.807, 2.05) is 35.9 Å². The van der Waals surface area contributed by atoms with E-state index in [4.69, 9.17) is 4.99 Å². The molecule has 2 N–H and O–H groups in total. The summed E-state index contributed by atoms with van der Waals surface area (Å²) < 4.78 is 1.10. The van der Waals surface area contributed by atoms with Gasteiger partial charge in [0.25, 0.3) is 0 Å². The van der Waals surface area contributed by atoms with E-state index in [0.29, 0.717) is 6.54 Å². The van der Waals surface area contributed by atoms with Crippen LogP contribution in [0.3, 0.4) is 0 Å². The number of hydrogen-bond donors (Lipinski definition) is 2. The van der Waals surface area contributed by atoms with Crippen molar-refractivity contribution in [3.8, 4) is 0 Å². The first kappa shape index (κ1) is 18.0. The first-order valence-corrected chi connectivity index (χ1v) is 10.3. The Bertz CT molecular complexity index is 1110. The molecule has 4 heterocycles. The van der Waals surface area contributed by atoms with Crippen LogP contribution in [0.4, 0.5) is 11.5 Å². The monoisotopic (exact) mass is 446 g/mol. The molecule has 6 nitrogen and oxygen atoms in total. The standard InChI is InChI=1S/C22H19BrN6/c23-16-5-3-15(4-6-16)7-11-27-29-13-19-17-8-10-24-12-20(17)28-22-18(2-1-9-25-22)21(19)26-14-29/h1-6,8-10,12,14,27H,7,11,13H2,(H,25,28). The van der Waals surface area contributed by atoms with Crippen LogP contribution in [0, 0.1) is 0 Å². The van der Waals surface area contributed by atoms with E-state index in [1.165, 1.54) is 5.56 Å². The molecule has 2 aliphatic heterocycles. The zero-order valence-electron chi connectivity index (χ0n) is 15.6. The number of hydrazine groups is 1. The van der Waals surface area contributed by atoms with Crippen molar-refractivity contribution < 1.29 is 0 Å². The van der Waals surface area contributed by atoms with Crippen LogP contribution in [-0.4, -0.2) is 34.4 Å². The second-order valence-electron chi connectivity index (χ2n) is 6.93. The number of aromatic nitrogens is 2. The molecule has 1 aromatic carbocycles. The first-order chi connectivity index (χ1) is 14.3. The molecule has 2 aliphatic rings. The average Bonchev–Trinajstić information content (AvgIpc) is 2.89. The van der Waals surface area contributed by atoms with Gasteiger partial charge in [0.15, 0.2) is 0 Å². The minimum absolute atomic E-state index is 0.714. The molecule has 0 amide bonds. The van der Waals surface area contributed by atoms with Crippen LogP contribution < -0.4 is 10.7 Å². The van der Waals surface area contributed by atoms with Gasteiger partial charge in [0, 0.05) is 40.1 Å². The lowest BCUT2D eigenvalue weighted by molar-refractivity contribution is 0.351. The fourth-order valence-corrected chi connectivity index (χ4v) is 3.87. The van der Waals surface area contributed by atoms with Crippen molar-refractivity contribution in [3.63, 3.8) is 0 Å². The van der Waals surface area contributed by atoms with Gasteiger partial charge in [-0.15, -0.1) is 0 Å². The van der Waals surface area contributed by atoms with E-state index < -0.39 is 0 Å². The van der Waals surface area contributed by atoms with Crippen LogP contribution in [0.15, 0.2) is 70.5 Å². The van der Waals surface area contributed by atoms with E-state index in [2.05, 4.69) is 67.0 Å². The van der Waals surface area contributed by atoms with Crippen molar-refractivity contribution in [1.82, 2.24) is 20.4 Å². The van der Waals surface area contributed by atoms with E-state index >= 15 is 0 Å². The molecule has 0 radical (unpaired) electrons. The molecule has 0 unspecified atom stereocenters. The molecule has 0 saturated carbocycles. The minimum Gasteiger partial charge on any atom is -0.338 e. The highest BCUT2D eigenvalue weighted by Gasteiger charge is 2.25. The SMILES string of the molecule is Brc1ccc(CCNN2C=NC3=C(C2)c2ccncc2Nc2ncccc23)cc1. The number of nitrogens with one attached hydrogen (secondary N) is 2. The van der Waals surface area contributed by atoms with Crippen molar-refractivity contribution in [3.05, 3.63) is 82.2 Å². The van der Waals surface area contributed by atoms with Crippen LogP contribution in [0.1, 0.15) is 16.7 Å². The number of fused-ring (bicyclic) bond motifs is 4. The van der Waals surface area contributed by atoms with Gasteiger partial charge in [-0.2, -0.15) is 0 Å². The predicted octanol–water partition coefficient (Wildman–Crippen LogP) is 4.26. The second kappa shape index (κ2) is 7.77. The Morgan fingerprint density at radius 1 is 1.07 bits per heavy atom. The van der Waals surface area contributed by atoms with Crippen LogP contribution >= 0.6 is 15.9 Å². The maximum Gasteiger partial charge on any atom is 0.139 e. The third-order valence-corrected chi connectivity index (χ3v) is 5.57. The van der Waals surface area contributed by atoms with Gasteiger partial charge in [-0.3, -0.25) is 9.99 Å². The number of pyridine rings is 2. The summed E-state index contributed by atoms with van der Waals surface area (Å²) in [5.74, 6) is 0.806. The number of aliphatic imine (C=N–C) groups is 1. The number of nitrogens with zero attached hydrogens (tertiary/aromatic N) is 4. The minimum atomic E-state index is 0.714. The molecule has 144 valence electrons. The quantitative estimate of drug-likeness (QED) is 0.626. The number of hydrogen-bond acceptors (Lipinski definition) is 6. The van der Waals surface area contributed by atoms with E-state index in [9.17, 15) is 0 Å². The van der Waals surface area contributed by atoms with Gasteiger partial charge >= 0.3 is 0 Å². The summed E-state index contributed by atoms with van der Waals surface area (Å²) in [6.07, 6.45) is 8.25. The molecule has 0 bridgehead atoms. The highest BCUT2D eigenvalue weighted by molar-refractivity contribution is 9.10. The van der Waals surface area contributed by atoms with Crippen molar-refractivity contribution in [2.24, 2.45) is 4.99 Å². The Hall–Kier alpha value is -3.03. The largest absolute Gasteiger partial charge is 0.338 e. The maximum atomic E-state index is 4.78. The fourth-order valence-electron chi connectivity index (χ4n) is 3.61. The summed E-state index contributed by atoms with van der Waals surface area (Å²) in [5, 5.41) is 5.46. The molecule has 29 heavy (non-hydrogen) atoms. The number of rotatable bonds is 4. The van der Waals surface area contributed by atoms with Gasteiger partial charge in [-0.05, 0) is 42.3 Å². The van der Waals surface area contributed by atoms with Crippen LogP contribution in [0.2, 0.25) is 0 Å². The molecular formula is C22H19BrN6. The van der Waals surface area contributed by atoms with Gasteiger partial charge in [0.2, 0.25) is 0 Å². The Morgan fingerprint density at radius 3 is 2.86 bits per heavy atom. The Balaban J connectivity index is 1.38. The van der Waals surface area contributed by atoms with Gasteiger partial charge in [-0.1, -0.05) is 28.1 Å². The third-order valence-electron chi connectivity index (χ3n) is 5.04. The molecule has 0 saturated heterocycles. The molecule has 5 rings (SSSR count). The van der Waals surface area contributed by atoms with Crippen molar-refractivity contribution in [2.45, 2.75) is 6.42 Å². The van der Waals surface area contributed by atoms with Crippen molar-refractivity contribution in [1.29, 1.82) is 0 Å². The van der Waals surface area contributed by atoms with Crippen molar-refractivity contribution >= 4 is 45.0 Å². The summed E-state index contributed by atoms with van der Waals surface area (Å²) in [4.78, 5) is 13.6. The van der Waals surface area contributed by atoms with Crippen LogP contribution in [-0.2, 0) is 6.42 Å². The third kappa shape index (κ3) is 3.66. The number of anilines is 2. The van der Waals surface area contributed by atoms with E-state index in [0.717, 1.165) is 51.3 Å². The van der Waals surface area contributed by atoms with Gasteiger partial charge in [0.05, 0.1) is 24.1 Å². The fraction of sp³-hybridized carbons (Fsp3) is 0.136. The molecular weight excluding hydrogens is 428 g/mol. The molecule has 2 aromatic heterocycles. The maximum absolute atomic E-state index is 4.78. The molecule has 7 heteroatoms. The van der Waals surface area contributed by atoms with Gasteiger partial charge in [-0.25, -0.2) is 15.4 Å². The number of benzene rings is 1. The molecule has 0 fully saturated rings. The lowest BCUT2D eigenvalue weighted by atomic mass is 10.0. The van der Waals surface area contributed by atoms with E-state index in [-0.39, 0.29) is 0 Å². The molecule has 0 aliphatic carbocycles. The second-order valence-corrected chi connectivity index (χ2v) is 7.85. The Kier molecular flexibility index (Phi) is 4.83. The van der Waals surface area contributed by atoms with E-state index in [1.54, 1.807) is 6.20 Å². The molecule has 0 spiro atoms. The zero-order valence-corrected chi connectivity index (χ0v) is 17.2. The normalized spacial score (nSPS) is 14.6. The predicted molar refractivity (Wildman–Crippen MR) is 120 cm³/mol. The Morgan fingerprint density at radius 2 is 1.97 bits per heavy atom. The summed E-state index contributed by atoms with van der Waals surface area (Å²) in [6.45, 7) is 1.54. The molecule has 0 atom stereocenters. The lowest BCUT2D eigenvalue weighted by Crippen LogP contribution is -2.40. The zero-order chi connectivity index (χ0) is 19.6. The summed E-state index contributed by atoms with van der Waals surface area (Å²) >= 11 is 3.48. The molecule has 3 aromatic rings. The highest BCUT2D eigenvalue weighted by Crippen LogP contribution is 2.40. The number of halogens is 1. The summed E-state index contributed by atoms with van der Waals surface area (Å²) in [6, 6.07) is 14.5. The van der Waals surface area contributed by atoms with Gasteiger partial charge < -0.3 is 5.32 Å². The van der Waals surface area contributed by atoms with Crippen LogP contribution in [0.5, 0.6) is 0 Å². The Labute approximate surface area is 177 Å². The average molecular weight is 447 g/mol. The topological polar surface area (TPSA) is 65.4 Å². The van der Waals surface area contributed by atoms with Gasteiger partial charge in [0.1, 0.15) is 12.2 Å². The highest BCUT2D eigenvalue weighted by atomic mass is 79.9. The summed E-state index contributed by atoms with van der Waals surface area (Å²) in [5.41, 5.74) is 9.94. The lowest BCUT2D eigenvalue weighted by Gasteiger charge is -2.27. The smallest absolute Gasteiger partial charge is 0.139 e. The first-order valence-electron chi connectivity index (χ1n) is 9.47. The summed E-state index contributed by atoms with van der Waals surface area (Å²) in [7, 11) is 0. The van der Waals surface area contributed by atoms with Crippen molar-refractivity contribution in [2.75, 3.05) is 18.4 Å².